The Hall–Kier alpha value is -2.14. The quantitative estimate of drug-likeness (QED) is 0.195. The van der Waals surface area contributed by atoms with Crippen molar-refractivity contribution in [3.05, 3.63) is 48.6 Å². The second kappa shape index (κ2) is 22.5. The number of amides is 2. The fourth-order valence-corrected chi connectivity index (χ4v) is 2.74. The van der Waals surface area contributed by atoms with Crippen LogP contribution >= 0.6 is 0 Å². The van der Waals surface area contributed by atoms with Gasteiger partial charge in [0, 0.05) is 25.4 Å². The van der Waals surface area contributed by atoms with Crippen LogP contribution in [0.4, 0.5) is 0 Å². The number of aliphatic hydroxyl groups is 1. The van der Waals surface area contributed by atoms with Gasteiger partial charge in [-0.15, -0.1) is 0 Å². The molecule has 0 bridgehead atoms. The Morgan fingerprint density at radius 3 is 1.87 bits per heavy atom. The fraction of sp³-hybridized carbons (Fsp3) is 0.615. The van der Waals surface area contributed by atoms with Crippen LogP contribution in [-0.4, -0.2) is 36.1 Å². The zero-order valence-electron chi connectivity index (χ0n) is 19.7. The first kappa shape index (κ1) is 28.9. The fourth-order valence-electron chi connectivity index (χ4n) is 2.74. The van der Waals surface area contributed by atoms with Crippen LogP contribution in [0.15, 0.2) is 48.6 Å². The molecule has 1 atom stereocenters. The first-order valence-electron chi connectivity index (χ1n) is 11.9. The van der Waals surface area contributed by atoms with E-state index in [9.17, 15) is 9.59 Å². The number of unbranched alkanes of at least 4 members (excludes halogenated alkanes) is 4. The van der Waals surface area contributed by atoms with E-state index in [1.165, 1.54) is 25.7 Å². The van der Waals surface area contributed by atoms with E-state index in [0.717, 1.165) is 32.1 Å². The molecule has 0 aromatic rings. The average molecular weight is 433 g/mol. The third-order valence-electron chi connectivity index (χ3n) is 4.59. The smallest absolute Gasteiger partial charge is 0.222 e. The largest absolute Gasteiger partial charge is 0.394 e. The number of rotatable bonds is 19. The lowest BCUT2D eigenvalue weighted by Gasteiger charge is -2.10. The van der Waals surface area contributed by atoms with Gasteiger partial charge in [-0.1, -0.05) is 68.4 Å². The van der Waals surface area contributed by atoms with E-state index in [-0.39, 0.29) is 30.9 Å². The molecule has 0 saturated carbocycles. The molecule has 0 radical (unpaired) electrons. The molecule has 2 amide bonds. The van der Waals surface area contributed by atoms with Crippen molar-refractivity contribution in [3.8, 4) is 0 Å². The van der Waals surface area contributed by atoms with Gasteiger partial charge in [0.2, 0.25) is 11.8 Å². The standard InChI is InChI=1S/C26H44N2O3/c1-3-4-5-6-7-8-9-10-11-12-13-14-15-16-17-18-19-20-25(30)27-22-21-26(31)28-24(2)23-29/h7-8,10-11,13-14,16-17,24,29H,3-6,9,12,15,18-23H2,1-2H3,(H,27,30)(H,28,31)/b8-7-,11-10-,14-13-,17-16-. The average Bonchev–Trinajstić information content (AvgIpc) is 2.75. The van der Waals surface area contributed by atoms with Gasteiger partial charge in [-0.3, -0.25) is 9.59 Å². The van der Waals surface area contributed by atoms with Crippen LogP contribution in [0.2, 0.25) is 0 Å². The Morgan fingerprint density at radius 1 is 0.774 bits per heavy atom. The molecule has 0 fully saturated rings. The molecular formula is C26H44N2O3. The summed E-state index contributed by atoms with van der Waals surface area (Å²) in [5, 5.41) is 14.3. The molecule has 1 unspecified atom stereocenters. The highest BCUT2D eigenvalue weighted by Crippen LogP contribution is 2.01. The Labute approximate surface area is 189 Å². The second-order valence-corrected chi connectivity index (χ2v) is 7.73. The summed E-state index contributed by atoms with van der Waals surface area (Å²) in [6.07, 6.45) is 27.9. The lowest BCUT2D eigenvalue weighted by atomic mass is 10.2. The molecule has 0 spiro atoms. The summed E-state index contributed by atoms with van der Waals surface area (Å²) < 4.78 is 0. The number of carbonyl (C=O) groups excluding carboxylic acids is 2. The molecular weight excluding hydrogens is 388 g/mol. The molecule has 0 aliphatic rings. The predicted molar refractivity (Wildman–Crippen MR) is 131 cm³/mol. The summed E-state index contributed by atoms with van der Waals surface area (Å²) in [5.74, 6) is -0.193. The van der Waals surface area contributed by atoms with Crippen molar-refractivity contribution in [3.63, 3.8) is 0 Å². The third kappa shape index (κ3) is 22.4. The van der Waals surface area contributed by atoms with E-state index in [1.807, 2.05) is 0 Å². The van der Waals surface area contributed by atoms with Gasteiger partial charge in [0.1, 0.15) is 0 Å². The van der Waals surface area contributed by atoms with Crippen molar-refractivity contribution in [1.29, 1.82) is 0 Å². The molecule has 176 valence electrons. The van der Waals surface area contributed by atoms with E-state index in [4.69, 9.17) is 5.11 Å². The normalized spacial score (nSPS) is 13.0. The molecule has 3 N–H and O–H groups in total. The lowest BCUT2D eigenvalue weighted by molar-refractivity contribution is -0.122. The Bertz CT molecular complexity index is 565. The van der Waals surface area contributed by atoms with Gasteiger partial charge in [0.05, 0.1) is 6.61 Å². The van der Waals surface area contributed by atoms with Crippen molar-refractivity contribution in [1.82, 2.24) is 10.6 Å². The maximum absolute atomic E-state index is 11.7. The third-order valence-corrected chi connectivity index (χ3v) is 4.59. The van der Waals surface area contributed by atoms with E-state index < -0.39 is 0 Å². The van der Waals surface area contributed by atoms with Crippen LogP contribution in [0.1, 0.15) is 84.5 Å². The molecule has 0 aromatic heterocycles. The summed E-state index contributed by atoms with van der Waals surface area (Å²) >= 11 is 0. The van der Waals surface area contributed by atoms with Crippen molar-refractivity contribution >= 4 is 11.8 Å². The van der Waals surface area contributed by atoms with E-state index in [1.54, 1.807) is 6.92 Å². The van der Waals surface area contributed by atoms with Gasteiger partial charge in [-0.25, -0.2) is 0 Å². The zero-order valence-corrected chi connectivity index (χ0v) is 19.7. The van der Waals surface area contributed by atoms with Gasteiger partial charge >= 0.3 is 0 Å². The molecule has 0 heterocycles. The first-order valence-corrected chi connectivity index (χ1v) is 11.9. The maximum atomic E-state index is 11.7. The minimum Gasteiger partial charge on any atom is -0.394 e. The summed E-state index contributed by atoms with van der Waals surface area (Å²) in [5.41, 5.74) is 0. The van der Waals surface area contributed by atoms with Gasteiger partial charge in [-0.2, -0.15) is 0 Å². The van der Waals surface area contributed by atoms with Crippen LogP contribution in [0, 0.1) is 0 Å². The minimum atomic E-state index is -0.256. The number of allylic oxidation sites excluding steroid dienone is 8. The molecule has 0 rings (SSSR count). The summed E-state index contributed by atoms with van der Waals surface area (Å²) in [6, 6.07) is -0.256. The van der Waals surface area contributed by atoms with E-state index >= 15 is 0 Å². The van der Waals surface area contributed by atoms with E-state index in [2.05, 4.69) is 66.2 Å². The van der Waals surface area contributed by atoms with E-state index in [0.29, 0.717) is 13.0 Å². The predicted octanol–water partition coefficient (Wildman–Crippen LogP) is 5.14. The number of nitrogens with one attached hydrogen (secondary N) is 2. The summed E-state index contributed by atoms with van der Waals surface area (Å²) in [6.45, 7) is 4.20. The zero-order chi connectivity index (χ0) is 23.0. The highest BCUT2D eigenvalue weighted by molar-refractivity contribution is 5.79. The lowest BCUT2D eigenvalue weighted by Crippen LogP contribution is -2.37. The molecule has 31 heavy (non-hydrogen) atoms. The SMILES string of the molecule is CCCCC/C=C\C/C=C\C/C=C\C/C=C\CCCC(=O)NCCC(=O)NC(C)CO. The van der Waals surface area contributed by atoms with Crippen molar-refractivity contribution in [2.45, 2.75) is 90.5 Å². The minimum absolute atomic E-state index is 0.0288. The van der Waals surface area contributed by atoms with Crippen molar-refractivity contribution < 1.29 is 14.7 Å². The van der Waals surface area contributed by atoms with Gasteiger partial charge in [0.25, 0.3) is 0 Å². The number of hydrogen-bond acceptors (Lipinski definition) is 3. The Kier molecular flexibility index (Phi) is 21.0. The first-order chi connectivity index (χ1) is 15.1. The van der Waals surface area contributed by atoms with Crippen LogP contribution in [0.3, 0.4) is 0 Å². The van der Waals surface area contributed by atoms with Gasteiger partial charge in [-0.05, 0) is 51.9 Å². The summed E-state index contributed by atoms with van der Waals surface area (Å²) in [4.78, 5) is 23.3. The molecule has 0 saturated heterocycles. The van der Waals surface area contributed by atoms with Gasteiger partial charge < -0.3 is 15.7 Å². The highest BCUT2D eigenvalue weighted by atomic mass is 16.3. The van der Waals surface area contributed by atoms with Crippen molar-refractivity contribution in [2.75, 3.05) is 13.2 Å². The number of aliphatic hydroxyl groups excluding tert-OH is 1. The molecule has 5 heteroatoms. The number of hydrogen-bond donors (Lipinski definition) is 3. The summed E-state index contributed by atoms with van der Waals surface area (Å²) in [7, 11) is 0. The second-order valence-electron chi connectivity index (χ2n) is 7.73. The van der Waals surface area contributed by atoms with Gasteiger partial charge in [0.15, 0.2) is 0 Å². The molecule has 0 aliphatic heterocycles. The molecule has 5 nitrogen and oxygen atoms in total. The Morgan fingerprint density at radius 2 is 1.32 bits per heavy atom. The van der Waals surface area contributed by atoms with Crippen LogP contribution < -0.4 is 10.6 Å². The Balaban J connectivity index is 3.56. The monoisotopic (exact) mass is 432 g/mol. The van der Waals surface area contributed by atoms with Crippen LogP contribution in [0.25, 0.3) is 0 Å². The molecule has 0 aromatic carbocycles. The van der Waals surface area contributed by atoms with Crippen LogP contribution in [0.5, 0.6) is 0 Å². The maximum Gasteiger partial charge on any atom is 0.222 e. The number of carbonyl (C=O) groups is 2. The van der Waals surface area contributed by atoms with Crippen molar-refractivity contribution in [2.24, 2.45) is 0 Å². The topological polar surface area (TPSA) is 78.4 Å². The molecule has 0 aliphatic carbocycles. The van der Waals surface area contributed by atoms with Crippen LogP contribution in [-0.2, 0) is 9.59 Å². The highest BCUT2D eigenvalue weighted by Gasteiger charge is 2.06.